The van der Waals surface area contributed by atoms with Gasteiger partial charge in [-0.1, -0.05) is 36.4 Å². The number of ether oxygens (including phenoxy) is 1. The molecule has 7 heteroatoms. The van der Waals surface area contributed by atoms with Gasteiger partial charge in [0.05, 0.1) is 18.5 Å². The van der Waals surface area contributed by atoms with Crippen LogP contribution in [0.15, 0.2) is 84.4 Å². The molecule has 0 saturated carbocycles. The number of hydrogen-bond acceptors (Lipinski definition) is 5. The maximum atomic E-state index is 13.6. The third-order valence-electron chi connectivity index (χ3n) is 6.52. The van der Waals surface area contributed by atoms with Crippen LogP contribution < -0.4 is 19.4 Å². The minimum atomic E-state index is -0.716. The monoisotopic (exact) mass is 481 g/mol. The van der Waals surface area contributed by atoms with Gasteiger partial charge in [-0.25, -0.2) is 14.6 Å². The molecule has 2 heterocycles. The average Bonchev–Trinajstić information content (AvgIpc) is 2.93. The highest BCUT2D eigenvalue weighted by Crippen LogP contribution is 2.33. The molecule has 0 aliphatic carbocycles. The van der Waals surface area contributed by atoms with Gasteiger partial charge in [0.1, 0.15) is 11.3 Å². The van der Waals surface area contributed by atoms with E-state index in [9.17, 15) is 14.4 Å². The van der Waals surface area contributed by atoms with Crippen molar-refractivity contribution in [1.82, 2.24) is 0 Å². The van der Waals surface area contributed by atoms with E-state index in [0.717, 1.165) is 41.4 Å². The number of urea groups is 1. The number of nitrogens with zero attached hydrogens (tertiary/aromatic N) is 3. The predicted octanol–water partition coefficient (Wildman–Crippen LogP) is 5.27. The van der Waals surface area contributed by atoms with Crippen LogP contribution in [0.1, 0.15) is 24.8 Å². The zero-order valence-electron chi connectivity index (χ0n) is 20.1. The van der Waals surface area contributed by atoms with Gasteiger partial charge < -0.3 is 9.64 Å². The molecule has 3 aromatic carbocycles. The first-order valence-electron chi connectivity index (χ1n) is 12.1. The smallest absolute Gasteiger partial charge is 0.343 e. The molecule has 0 radical (unpaired) electrons. The number of carbonyl (C=O) groups excluding carboxylic acids is 3. The molecule has 0 atom stereocenters. The van der Waals surface area contributed by atoms with Crippen LogP contribution in [0.3, 0.4) is 0 Å². The number of benzene rings is 3. The SMILES string of the molecule is COc1cc(N2CCCCC2)ccc1C=C1C(=O)N(c2ccccc2)C(=O)N(c2ccccc2)C1=O. The lowest BCUT2D eigenvalue weighted by atomic mass is 10.0. The van der Waals surface area contributed by atoms with E-state index >= 15 is 0 Å². The highest BCUT2D eigenvalue weighted by Gasteiger charge is 2.43. The molecule has 36 heavy (non-hydrogen) atoms. The van der Waals surface area contributed by atoms with Crippen LogP contribution >= 0.6 is 0 Å². The number of piperidine rings is 1. The van der Waals surface area contributed by atoms with E-state index in [-0.39, 0.29) is 5.57 Å². The molecular formula is C29H27N3O4. The van der Waals surface area contributed by atoms with E-state index in [1.54, 1.807) is 67.8 Å². The Hall–Kier alpha value is -4.39. The lowest BCUT2D eigenvalue weighted by Crippen LogP contribution is -2.57. The first kappa shape index (κ1) is 23.4. The van der Waals surface area contributed by atoms with Gasteiger partial charge in [-0.3, -0.25) is 9.59 Å². The number of carbonyl (C=O) groups is 3. The van der Waals surface area contributed by atoms with Crippen molar-refractivity contribution in [2.75, 3.05) is 34.9 Å². The molecule has 0 aromatic heterocycles. The molecule has 2 fully saturated rings. The Balaban J connectivity index is 1.59. The van der Waals surface area contributed by atoms with Crippen LogP contribution in [0.2, 0.25) is 0 Å². The Kier molecular flexibility index (Phi) is 6.54. The number of amides is 4. The van der Waals surface area contributed by atoms with Gasteiger partial charge in [0, 0.05) is 30.4 Å². The van der Waals surface area contributed by atoms with Crippen molar-refractivity contribution in [3.8, 4) is 5.75 Å². The second-order valence-electron chi connectivity index (χ2n) is 8.77. The average molecular weight is 482 g/mol. The topological polar surface area (TPSA) is 70.2 Å². The fraction of sp³-hybridized carbons (Fsp3) is 0.207. The van der Waals surface area contributed by atoms with Crippen molar-refractivity contribution in [2.24, 2.45) is 0 Å². The summed E-state index contributed by atoms with van der Waals surface area (Å²) in [6.45, 7) is 1.97. The molecular weight excluding hydrogens is 454 g/mol. The van der Waals surface area contributed by atoms with Crippen molar-refractivity contribution < 1.29 is 19.1 Å². The molecule has 0 unspecified atom stereocenters. The lowest BCUT2D eigenvalue weighted by Gasteiger charge is -2.34. The molecule has 4 amide bonds. The summed E-state index contributed by atoms with van der Waals surface area (Å²) in [5.74, 6) is -0.795. The summed E-state index contributed by atoms with van der Waals surface area (Å²) >= 11 is 0. The molecule has 0 N–H and O–H groups in total. The second kappa shape index (κ2) is 10.1. The minimum absolute atomic E-state index is 0.119. The van der Waals surface area contributed by atoms with Crippen molar-refractivity contribution >= 4 is 41.0 Å². The largest absolute Gasteiger partial charge is 0.496 e. The van der Waals surface area contributed by atoms with E-state index in [2.05, 4.69) is 4.90 Å². The van der Waals surface area contributed by atoms with E-state index < -0.39 is 17.8 Å². The van der Waals surface area contributed by atoms with E-state index in [1.807, 2.05) is 18.2 Å². The van der Waals surface area contributed by atoms with Crippen molar-refractivity contribution in [3.05, 3.63) is 90.0 Å². The maximum absolute atomic E-state index is 13.6. The van der Waals surface area contributed by atoms with Crippen molar-refractivity contribution in [2.45, 2.75) is 19.3 Å². The Labute approximate surface area is 210 Å². The summed E-state index contributed by atoms with van der Waals surface area (Å²) in [5, 5.41) is 0. The molecule has 2 aliphatic rings. The van der Waals surface area contributed by atoms with E-state index in [0.29, 0.717) is 22.7 Å². The molecule has 7 nitrogen and oxygen atoms in total. The highest BCUT2D eigenvalue weighted by atomic mass is 16.5. The fourth-order valence-corrected chi connectivity index (χ4v) is 4.66. The van der Waals surface area contributed by atoms with Gasteiger partial charge in [0.15, 0.2) is 0 Å². The molecule has 0 spiro atoms. The van der Waals surface area contributed by atoms with Gasteiger partial charge in [0.25, 0.3) is 11.8 Å². The van der Waals surface area contributed by atoms with Gasteiger partial charge in [0.2, 0.25) is 0 Å². The van der Waals surface area contributed by atoms with Crippen molar-refractivity contribution in [3.63, 3.8) is 0 Å². The van der Waals surface area contributed by atoms with E-state index in [4.69, 9.17) is 4.74 Å². The molecule has 0 bridgehead atoms. The third kappa shape index (κ3) is 4.35. The van der Waals surface area contributed by atoms with Gasteiger partial charge in [-0.2, -0.15) is 0 Å². The zero-order valence-corrected chi connectivity index (χ0v) is 20.1. The number of anilines is 3. The molecule has 2 aliphatic heterocycles. The van der Waals surface area contributed by atoms with Gasteiger partial charge >= 0.3 is 6.03 Å². The standard InChI is InChI=1S/C29H27N3O4/c1-36-26-20-24(30-17-9-4-10-18-30)16-15-21(26)19-25-27(33)31(22-11-5-2-6-12-22)29(35)32(28(25)34)23-13-7-3-8-14-23/h2-3,5-8,11-16,19-20H,4,9-10,17-18H2,1H3. The summed E-state index contributed by atoms with van der Waals surface area (Å²) in [5.41, 5.74) is 2.29. The maximum Gasteiger partial charge on any atom is 0.343 e. The minimum Gasteiger partial charge on any atom is -0.496 e. The number of imide groups is 2. The summed E-state index contributed by atoms with van der Waals surface area (Å²) in [6.07, 6.45) is 5.05. The van der Waals surface area contributed by atoms with Gasteiger partial charge in [-0.05, 0) is 61.7 Å². The highest BCUT2D eigenvalue weighted by molar-refractivity contribution is 6.46. The fourth-order valence-electron chi connectivity index (χ4n) is 4.66. The van der Waals surface area contributed by atoms with Crippen molar-refractivity contribution in [1.29, 1.82) is 0 Å². The van der Waals surface area contributed by atoms with Crippen LogP contribution in [0.25, 0.3) is 6.08 Å². The first-order valence-corrected chi connectivity index (χ1v) is 12.1. The van der Waals surface area contributed by atoms with Crippen LogP contribution in [0.4, 0.5) is 21.9 Å². The van der Waals surface area contributed by atoms with Crippen LogP contribution in [0, 0.1) is 0 Å². The number of barbiturate groups is 1. The Morgan fingerprint density at radius 3 is 1.78 bits per heavy atom. The predicted molar refractivity (Wildman–Crippen MR) is 140 cm³/mol. The summed E-state index contributed by atoms with van der Waals surface area (Å²) in [7, 11) is 1.57. The number of para-hydroxylation sites is 2. The lowest BCUT2D eigenvalue weighted by molar-refractivity contribution is -0.121. The molecule has 2 saturated heterocycles. The summed E-state index contributed by atoms with van der Waals surface area (Å²) < 4.78 is 5.64. The number of methoxy groups -OCH3 is 1. The quantitative estimate of drug-likeness (QED) is 0.367. The number of hydrogen-bond donors (Lipinski definition) is 0. The Morgan fingerprint density at radius 2 is 1.25 bits per heavy atom. The molecule has 182 valence electrons. The van der Waals surface area contributed by atoms with Crippen LogP contribution in [-0.4, -0.2) is 38.0 Å². The second-order valence-corrected chi connectivity index (χ2v) is 8.77. The number of rotatable bonds is 5. The summed E-state index contributed by atoms with van der Waals surface area (Å²) in [4.78, 5) is 45.0. The van der Waals surface area contributed by atoms with Crippen LogP contribution in [0.5, 0.6) is 5.75 Å². The third-order valence-corrected chi connectivity index (χ3v) is 6.52. The van der Waals surface area contributed by atoms with E-state index in [1.165, 1.54) is 12.5 Å². The molecule has 3 aromatic rings. The van der Waals surface area contributed by atoms with Gasteiger partial charge in [-0.15, -0.1) is 0 Å². The van der Waals surface area contributed by atoms with Crippen LogP contribution in [-0.2, 0) is 9.59 Å². The Bertz CT molecular complexity index is 1250. The zero-order chi connectivity index (χ0) is 25.1. The summed E-state index contributed by atoms with van der Waals surface area (Å²) in [6, 6.07) is 22.3. The first-order chi connectivity index (χ1) is 17.6. The molecule has 5 rings (SSSR count). The normalized spacial score (nSPS) is 16.4. The Morgan fingerprint density at radius 1 is 0.694 bits per heavy atom.